The summed E-state index contributed by atoms with van der Waals surface area (Å²) in [6.07, 6.45) is 5.51. The van der Waals surface area contributed by atoms with Gasteiger partial charge in [0.05, 0.1) is 0 Å². The summed E-state index contributed by atoms with van der Waals surface area (Å²) in [7, 11) is 0. The average molecular weight is 257 g/mol. The molecule has 2 fully saturated rings. The SMILES string of the molecule is Cc1cccc(C(=O)N[C@@H](C)[C@H]2C[C@@H]3CC[C@@H]2C3)c1. The Balaban J connectivity index is 1.63. The minimum Gasteiger partial charge on any atom is -0.349 e. The van der Waals surface area contributed by atoms with E-state index in [2.05, 4.69) is 12.2 Å². The molecule has 3 rings (SSSR count). The first kappa shape index (κ1) is 12.7. The molecule has 2 aliphatic carbocycles. The van der Waals surface area contributed by atoms with E-state index in [1.165, 1.54) is 25.7 Å². The average Bonchev–Trinajstić information content (AvgIpc) is 3.00. The highest BCUT2D eigenvalue weighted by atomic mass is 16.1. The molecular formula is C17H23NO. The van der Waals surface area contributed by atoms with Crippen molar-refractivity contribution in [2.45, 2.75) is 45.6 Å². The molecular weight excluding hydrogens is 234 g/mol. The Labute approximate surface area is 115 Å². The van der Waals surface area contributed by atoms with Crippen LogP contribution >= 0.6 is 0 Å². The number of hydrogen-bond acceptors (Lipinski definition) is 1. The lowest BCUT2D eigenvalue weighted by Gasteiger charge is -2.28. The van der Waals surface area contributed by atoms with Gasteiger partial charge < -0.3 is 5.32 Å². The fourth-order valence-corrected chi connectivity index (χ4v) is 4.09. The van der Waals surface area contributed by atoms with Gasteiger partial charge in [0.25, 0.3) is 5.91 Å². The van der Waals surface area contributed by atoms with Crippen LogP contribution in [-0.2, 0) is 0 Å². The summed E-state index contributed by atoms with van der Waals surface area (Å²) in [6, 6.07) is 8.14. The van der Waals surface area contributed by atoms with Crippen molar-refractivity contribution in [3.8, 4) is 0 Å². The van der Waals surface area contributed by atoms with Gasteiger partial charge in [0.2, 0.25) is 0 Å². The fraction of sp³-hybridized carbons (Fsp3) is 0.588. The third-order valence-electron chi connectivity index (χ3n) is 5.07. The maximum atomic E-state index is 12.3. The molecule has 1 N–H and O–H groups in total. The third kappa shape index (κ3) is 2.54. The van der Waals surface area contributed by atoms with E-state index in [-0.39, 0.29) is 5.91 Å². The number of aryl methyl sites for hydroxylation is 1. The lowest BCUT2D eigenvalue weighted by Crippen LogP contribution is -2.40. The minimum atomic E-state index is 0.0824. The second-order valence-electron chi connectivity index (χ2n) is 6.47. The van der Waals surface area contributed by atoms with Crippen LogP contribution in [0.5, 0.6) is 0 Å². The Morgan fingerprint density at radius 1 is 1.32 bits per heavy atom. The molecule has 0 unspecified atom stereocenters. The summed E-state index contributed by atoms with van der Waals surface area (Å²) < 4.78 is 0. The summed E-state index contributed by atoms with van der Waals surface area (Å²) in [6.45, 7) is 4.20. The molecule has 1 aromatic rings. The number of hydrogen-bond donors (Lipinski definition) is 1. The van der Waals surface area contributed by atoms with Crippen molar-refractivity contribution in [2.75, 3.05) is 0 Å². The Bertz CT molecular complexity index is 482. The van der Waals surface area contributed by atoms with Crippen molar-refractivity contribution in [3.05, 3.63) is 35.4 Å². The Morgan fingerprint density at radius 2 is 2.16 bits per heavy atom. The smallest absolute Gasteiger partial charge is 0.251 e. The lowest BCUT2D eigenvalue weighted by atomic mass is 9.84. The van der Waals surface area contributed by atoms with Gasteiger partial charge in [0, 0.05) is 11.6 Å². The monoisotopic (exact) mass is 257 g/mol. The molecule has 0 radical (unpaired) electrons. The summed E-state index contributed by atoms with van der Waals surface area (Å²) in [5.41, 5.74) is 1.93. The molecule has 0 spiro atoms. The maximum absolute atomic E-state index is 12.3. The topological polar surface area (TPSA) is 29.1 Å². The van der Waals surface area contributed by atoms with Gasteiger partial charge >= 0.3 is 0 Å². The van der Waals surface area contributed by atoms with Crippen LogP contribution in [0, 0.1) is 24.7 Å². The van der Waals surface area contributed by atoms with Gasteiger partial charge in [-0.3, -0.25) is 4.79 Å². The number of amides is 1. The van der Waals surface area contributed by atoms with Crippen LogP contribution in [0.15, 0.2) is 24.3 Å². The van der Waals surface area contributed by atoms with Crippen LogP contribution in [-0.4, -0.2) is 11.9 Å². The van der Waals surface area contributed by atoms with E-state index in [9.17, 15) is 4.79 Å². The van der Waals surface area contributed by atoms with Crippen LogP contribution in [0.1, 0.15) is 48.5 Å². The van der Waals surface area contributed by atoms with Crippen molar-refractivity contribution in [3.63, 3.8) is 0 Å². The van der Waals surface area contributed by atoms with E-state index >= 15 is 0 Å². The zero-order valence-electron chi connectivity index (χ0n) is 11.9. The molecule has 2 nitrogen and oxygen atoms in total. The van der Waals surface area contributed by atoms with Gasteiger partial charge in [0.15, 0.2) is 0 Å². The number of carbonyl (C=O) groups excluding carboxylic acids is 1. The van der Waals surface area contributed by atoms with E-state index in [1.54, 1.807) is 0 Å². The Hall–Kier alpha value is -1.31. The first-order valence-corrected chi connectivity index (χ1v) is 7.51. The molecule has 102 valence electrons. The number of nitrogens with one attached hydrogen (secondary N) is 1. The summed E-state index contributed by atoms with van der Waals surface area (Å²) in [5.74, 6) is 2.58. The largest absolute Gasteiger partial charge is 0.349 e. The predicted octanol–water partition coefficient (Wildman–Crippen LogP) is 3.55. The van der Waals surface area contributed by atoms with Gasteiger partial charge in [-0.1, -0.05) is 24.1 Å². The van der Waals surface area contributed by atoms with Crippen LogP contribution in [0.3, 0.4) is 0 Å². The molecule has 2 aliphatic rings. The van der Waals surface area contributed by atoms with Crippen molar-refractivity contribution < 1.29 is 4.79 Å². The van der Waals surface area contributed by atoms with Gasteiger partial charge in [-0.15, -0.1) is 0 Å². The molecule has 19 heavy (non-hydrogen) atoms. The highest BCUT2D eigenvalue weighted by Crippen LogP contribution is 2.49. The first-order valence-electron chi connectivity index (χ1n) is 7.51. The standard InChI is InChI=1S/C17H23NO/c1-11-4-3-5-15(8-11)17(19)18-12(2)16-10-13-6-7-14(16)9-13/h3-5,8,12-14,16H,6-7,9-10H2,1-2H3,(H,18,19)/t12-,13+,14+,16+/m0/s1. The van der Waals surface area contributed by atoms with Crippen molar-refractivity contribution >= 4 is 5.91 Å². The number of carbonyl (C=O) groups is 1. The summed E-state index contributed by atoms with van der Waals surface area (Å²) in [5, 5.41) is 3.21. The van der Waals surface area contributed by atoms with Crippen molar-refractivity contribution in [1.29, 1.82) is 0 Å². The molecule has 1 amide bonds. The van der Waals surface area contributed by atoms with Crippen LogP contribution in [0.2, 0.25) is 0 Å². The summed E-state index contributed by atoms with van der Waals surface area (Å²) in [4.78, 5) is 12.3. The van der Waals surface area contributed by atoms with Gasteiger partial charge in [0.1, 0.15) is 0 Å². The number of rotatable bonds is 3. The fourth-order valence-electron chi connectivity index (χ4n) is 4.09. The minimum absolute atomic E-state index is 0.0824. The molecule has 2 heteroatoms. The Kier molecular flexibility index (Phi) is 3.34. The van der Waals surface area contributed by atoms with Crippen LogP contribution in [0.25, 0.3) is 0 Å². The van der Waals surface area contributed by atoms with E-state index in [4.69, 9.17) is 0 Å². The molecule has 0 aromatic heterocycles. The first-order chi connectivity index (χ1) is 9.13. The zero-order chi connectivity index (χ0) is 13.4. The second-order valence-corrected chi connectivity index (χ2v) is 6.47. The van der Waals surface area contributed by atoms with E-state index in [0.717, 1.165) is 23.0 Å². The number of fused-ring (bicyclic) bond motifs is 2. The van der Waals surface area contributed by atoms with Crippen molar-refractivity contribution in [1.82, 2.24) is 5.32 Å². The molecule has 0 saturated heterocycles. The molecule has 2 bridgehead atoms. The van der Waals surface area contributed by atoms with Crippen LogP contribution < -0.4 is 5.32 Å². The normalized spacial score (nSPS) is 30.3. The molecule has 0 aliphatic heterocycles. The Morgan fingerprint density at radius 3 is 2.79 bits per heavy atom. The maximum Gasteiger partial charge on any atom is 0.251 e. The van der Waals surface area contributed by atoms with E-state index in [1.807, 2.05) is 31.2 Å². The van der Waals surface area contributed by atoms with Crippen molar-refractivity contribution in [2.24, 2.45) is 17.8 Å². The number of benzene rings is 1. The van der Waals surface area contributed by atoms with Gasteiger partial charge in [-0.25, -0.2) is 0 Å². The second kappa shape index (κ2) is 4.99. The van der Waals surface area contributed by atoms with E-state index in [0.29, 0.717) is 12.0 Å². The predicted molar refractivity (Wildman–Crippen MR) is 77.0 cm³/mol. The lowest BCUT2D eigenvalue weighted by molar-refractivity contribution is 0.0915. The van der Waals surface area contributed by atoms with E-state index < -0.39 is 0 Å². The van der Waals surface area contributed by atoms with Gasteiger partial charge in [-0.05, 0) is 63.0 Å². The quantitative estimate of drug-likeness (QED) is 0.881. The summed E-state index contributed by atoms with van der Waals surface area (Å²) >= 11 is 0. The zero-order valence-corrected chi connectivity index (χ0v) is 11.9. The molecule has 0 heterocycles. The van der Waals surface area contributed by atoms with Crippen LogP contribution in [0.4, 0.5) is 0 Å². The molecule has 1 aromatic carbocycles. The molecule has 4 atom stereocenters. The third-order valence-corrected chi connectivity index (χ3v) is 5.07. The van der Waals surface area contributed by atoms with Gasteiger partial charge in [-0.2, -0.15) is 0 Å². The molecule has 2 saturated carbocycles. The highest BCUT2D eigenvalue weighted by Gasteiger charge is 2.42. The highest BCUT2D eigenvalue weighted by molar-refractivity contribution is 5.94.